The van der Waals surface area contributed by atoms with Crippen LogP contribution in [0.5, 0.6) is 5.75 Å². The molecule has 2 aromatic carbocycles. The molecule has 34 heavy (non-hydrogen) atoms. The lowest BCUT2D eigenvalue weighted by Crippen LogP contribution is -2.09. The molecule has 5 nitrogen and oxygen atoms in total. The maximum absolute atomic E-state index is 13.1. The van der Waals surface area contributed by atoms with Gasteiger partial charge in [-0.25, -0.2) is 4.79 Å². The van der Waals surface area contributed by atoms with Gasteiger partial charge in [0.25, 0.3) is 0 Å². The summed E-state index contributed by atoms with van der Waals surface area (Å²) in [5, 5.41) is 19.0. The summed E-state index contributed by atoms with van der Waals surface area (Å²) in [6.45, 7) is 2.14. The number of unbranched alkanes of at least 4 members (excludes halogenated alkanes) is 1. The predicted octanol–water partition coefficient (Wildman–Crippen LogP) is 6.30. The fraction of sp³-hybridized carbons (Fsp3) is 0.269. The number of alkyl halides is 3. The minimum Gasteiger partial charge on any atom is -0.492 e. The van der Waals surface area contributed by atoms with Gasteiger partial charge in [-0.2, -0.15) is 18.4 Å². The third kappa shape index (κ3) is 5.93. The van der Waals surface area contributed by atoms with E-state index >= 15 is 0 Å². The van der Waals surface area contributed by atoms with Gasteiger partial charge in [-0.05, 0) is 67.6 Å². The van der Waals surface area contributed by atoms with Gasteiger partial charge in [-0.15, -0.1) is 0 Å². The molecule has 0 saturated carbocycles. The number of benzene rings is 2. The molecule has 0 aliphatic heterocycles. The first-order valence-corrected chi connectivity index (χ1v) is 10.8. The summed E-state index contributed by atoms with van der Waals surface area (Å²) in [6.07, 6.45) is -2.50. The molecule has 0 spiro atoms. The lowest BCUT2D eigenvalue weighted by Gasteiger charge is -2.13. The largest absolute Gasteiger partial charge is 0.492 e. The van der Waals surface area contributed by atoms with Crippen molar-refractivity contribution in [3.63, 3.8) is 0 Å². The van der Waals surface area contributed by atoms with Crippen LogP contribution in [0.3, 0.4) is 0 Å². The quantitative estimate of drug-likeness (QED) is 0.373. The molecular formula is C26H23F3N2O3. The van der Waals surface area contributed by atoms with Crippen LogP contribution in [0.4, 0.5) is 13.2 Å². The number of carboxylic acid groups (broad SMARTS) is 1. The molecule has 1 aromatic heterocycles. The standard InChI is InChI=1S/C26H23F3N2O3/c1-2-20-11-12-21(25(32)33)24(31-20)18-10-13-23(19(15-18)16-30)34-14-6-5-8-17-7-3-4-9-22(17)26(27,28)29/h3-4,7,9-13,15H,2,5-6,8,14H2,1H3,(H,32,33). The fourth-order valence-corrected chi connectivity index (χ4v) is 3.59. The summed E-state index contributed by atoms with van der Waals surface area (Å²) in [7, 11) is 0. The van der Waals surface area contributed by atoms with Crippen molar-refractivity contribution >= 4 is 5.97 Å². The number of hydrogen-bond donors (Lipinski definition) is 1. The molecule has 1 heterocycles. The molecule has 1 N–H and O–H groups in total. The summed E-state index contributed by atoms with van der Waals surface area (Å²) in [6, 6.07) is 15.5. The Morgan fingerprint density at radius 2 is 1.88 bits per heavy atom. The van der Waals surface area contributed by atoms with Gasteiger partial charge < -0.3 is 9.84 Å². The Balaban J connectivity index is 1.67. The van der Waals surface area contributed by atoms with Crippen LogP contribution in [-0.4, -0.2) is 22.7 Å². The summed E-state index contributed by atoms with van der Waals surface area (Å²) < 4.78 is 45.0. The molecule has 0 aliphatic rings. The molecule has 3 aromatic rings. The van der Waals surface area contributed by atoms with E-state index in [1.807, 2.05) is 13.0 Å². The summed E-state index contributed by atoms with van der Waals surface area (Å²) in [4.78, 5) is 16.0. The second-order valence-corrected chi connectivity index (χ2v) is 7.64. The van der Waals surface area contributed by atoms with Crippen molar-refractivity contribution in [1.82, 2.24) is 4.98 Å². The van der Waals surface area contributed by atoms with Crippen molar-refractivity contribution in [1.29, 1.82) is 5.26 Å². The van der Waals surface area contributed by atoms with Gasteiger partial charge in [0.05, 0.1) is 29.0 Å². The highest BCUT2D eigenvalue weighted by Gasteiger charge is 2.32. The monoisotopic (exact) mass is 468 g/mol. The Hall–Kier alpha value is -3.86. The van der Waals surface area contributed by atoms with Gasteiger partial charge in [0, 0.05) is 11.3 Å². The first-order valence-electron chi connectivity index (χ1n) is 10.8. The van der Waals surface area contributed by atoms with Gasteiger partial charge in [0.15, 0.2) is 0 Å². The first-order chi connectivity index (χ1) is 16.2. The predicted molar refractivity (Wildman–Crippen MR) is 121 cm³/mol. The van der Waals surface area contributed by atoms with E-state index in [1.54, 1.807) is 24.3 Å². The number of aromatic nitrogens is 1. The maximum atomic E-state index is 13.1. The molecule has 0 saturated heterocycles. The number of rotatable bonds is 9. The van der Waals surface area contributed by atoms with Crippen LogP contribution < -0.4 is 4.74 Å². The van der Waals surface area contributed by atoms with Crippen molar-refractivity contribution < 1.29 is 27.8 Å². The van der Waals surface area contributed by atoms with E-state index < -0.39 is 17.7 Å². The number of nitrogens with zero attached hydrogens (tertiary/aromatic N) is 2. The number of aromatic carboxylic acids is 1. The van der Waals surface area contributed by atoms with Gasteiger partial charge in [-0.1, -0.05) is 25.1 Å². The van der Waals surface area contributed by atoms with E-state index in [9.17, 15) is 28.3 Å². The van der Waals surface area contributed by atoms with Gasteiger partial charge in [0.1, 0.15) is 11.8 Å². The van der Waals surface area contributed by atoms with E-state index in [1.165, 1.54) is 24.3 Å². The first kappa shape index (κ1) is 24.8. The van der Waals surface area contributed by atoms with Gasteiger partial charge >= 0.3 is 12.1 Å². The number of carbonyl (C=O) groups is 1. The SMILES string of the molecule is CCc1ccc(C(=O)O)c(-c2ccc(OCCCCc3ccccc3C(F)(F)F)c(C#N)c2)n1. The highest BCUT2D eigenvalue weighted by molar-refractivity contribution is 5.95. The highest BCUT2D eigenvalue weighted by atomic mass is 19.4. The zero-order valence-electron chi connectivity index (χ0n) is 18.5. The number of aryl methyl sites for hydroxylation is 2. The maximum Gasteiger partial charge on any atom is 0.416 e. The molecule has 0 aliphatic carbocycles. The lowest BCUT2D eigenvalue weighted by molar-refractivity contribution is -0.138. The van der Waals surface area contributed by atoms with Crippen molar-refractivity contribution in [2.75, 3.05) is 6.61 Å². The van der Waals surface area contributed by atoms with Gasteiger partial charge in [-0.3, -0.25) is 4.98 Å². The zero-order chi connectivity index (χ0) is 24.7. The number of hydrogen-bond acceptors (Lipinski definition) is 4. The second-order valence-electron chi connectivity index (χ2n) is 7.64. The summed E-state index contributed by atoms with van der Waals surface area (Å²) >= 11 is 0. The van der Waals surface area contributed by atoms with Gasteiger partial charge in [0.2, 0.25) is 0 Å². The Morgan fingerprint density at radius 1 is 1.12 bits per heavy atom. The summed E-state index contributed by atoms with van der Waals surface area (Å²) in [5.74, 6) is -0.790. The van der Waals surface area contributed by atoms with E-state index in [0.29, 0.717) is 30.6 Å². The van der Waals surface area contributed by atoms with Crippen molar-refractivity contribution in [2.24, 2.45) is 0 Å². The van der Waals surface area contributed by atoms with E-state index in [0.717, 1.165) is 11.8 Å². The second kappa shape index (κ2) is 10.8. The van der Waals surface area contributed by atoms with Crippen molar-refractivity contribution in [3.05, 3.63) is 82.5 Å². The zero-order valence-corrected chi connectivity index (χ0v) is 18.5. The smallest absolute Gasteiger partial charge is 0.416 e. The van der Waals surface area contributed by atoms with Crippen LogP contribution in [0.2, 0.25) is 0 Å². The molecule has 3 rings (SSSR count). The molecular weight excluding hydrogens is 445 g/mol. The Kier molecular flexibility index (Phi) is 7.90. The molecule has 8 heteroatoms. The van der Waals surface area contributed by atoms with Crippen LogP contribution >= 0.6 is 0 Å². The molecule has 0 bridgehead atoms. The number of ether oxygens (including phenoxy) is 1. The molecule has 0 amide bonds. The van der Waals surface area contributed by atoms with Crippen LogP contribution in [0.25, 0.3) is 11.3 Å². The van der Waals surface area contributed by atoms with Crippen molar-refractivity contribution in [3.8, 4) is 23.1 Å². The topological polar surface area (TPSA) is 83.2 Å². The van der Waals surface area contributed by atoms with Crippen LogP contribution in [0, 0.1) is 11.3 Å². The average molecular weight is 468 g/mol. The third-order valence-corrected chi connectivity index (χ3v) is 5.34. The van der Waals surface area contributed by atoms with Crippen LogP contribution in [0.15, 0.2) is 54.6 Å². The Morgan fingerprint density at radius 3 is 2.56 bits per heavy atom. The minimum absolute atomic E-state index is 0.0360. The number of carboxylic acids is 1. The fourth-order valence-electron chi connectivity index (χ4n) is 3.59. The van der Waals surface area contributed by atoms with Crippen LogP contribution in [-0.2, 0) is 19.0 Å². The Bertz CT molecular complexity index is 1220. The highest BCUT2D eigenvalue weighted by Crippen LogP contribution is 2.32. The lowest BCUT2D eigenvalue weighted by atomic mass is 10.0. The molecule has 0 unspecified atom stereocenters. The minimum atomic E-state index is -4.39. The summed E-state index contributed by atoms with van der Waals surface area (Å²) in [5.41, 5.74) is 1.37. The Labute approximate surface area is 195 Å². The molecule has 0 radical (unpaired) electrons. The number of pyridine rings is 1. The van der Waals surface area contributed by atoms with E-state index in [-0.39, 0.29) is 35.4 Å². The molecule has 0 fully saturated rings. The van der Waals surface area contributed by atoms with E-state index in [4.69, 9.17) is 4.74 Å². The van der Waals surface area contributed by atoms with Crippen molar-refractivity contribution in [2.45, 2.75) is 38.8 Å². The van der Waals surface area contributed by atoms with Crippen LogP contribution in [0.1, 0.15) is 52.5 Å². The number of nitriles is 1. The third-order valence-electron chi connectivity index (χ3n) is 5.34. The number of halogens is 3. The van der Waals surface area contributed by atoms with E-state index in [2.05, 4.69) is 4.98 Å². The molecule has 176 valence electrons. The molecule has 0 atom stereocenters. The average Bonchev–Trinajstić information content (AvgIpc) is 2.83. The normalized spacial score (nSPS) is 11.1.